The van der Waals surface area contributed by atoms with Crippen LogP contribution in [0.5, 0.6) is 0 Å². The molecule has 84 valence electrons. The highest BCUT2D eigenvalue weighted by molar-refractivity contribution is 5.81. The van der Waals surface area contributed by atoms with Crippen molar-refractivity contribution in [2.45, 2.75) is 34.1 Å². The fourth-order valence-corrected chi connectivity index (χ4v) is 1.49. The predicted molar refractivity (Wildman–Crippen MR) is 63.5 cm³/mol. The molecule has 1 aliphatic rings. The summed E-state index contributed by atoms with van der Waals surface area (Å²) in [4.78, 5) is 11.6. The van der Waals surface area contributed by atoms with Crippen molar-refractivity contribution < 1.29 is 4.79 Å². The van der Waals surface area contributed by atoms with Crippen LogP contribution in [0.15, 0.2) is 23.8 Å². The Labute approximate surface area is 92.4 Å². The van der Waals surface area contributed by atoms with E-state index in [-0.39, 0.29) is 11.3 Å². The van der Waals surface area contributed by atoms with Gasteiger partial charge in [-0.05, 0) is 17.9 Å². The lowest BCUT2D eigenvalue weighted by Crippen LogP contribution is -2.35. The second-order valence-electron chi connectivity index (χ2n) is 5.29. The first-order valence-electron chi connectivity index (χ1n) is 5.55. The van der Waals surface area contributed by atoms with Crippen molar-refractivity contribution in [2.75, 3.05) is 6.54 Å². The third kappa shape index (κ3) is 3.90. The van der Waals surface area contributed by atoms with Crippen molar-refractivity contribution in [2.24, 2.45) is 11.3 Å². The maximum absolute atomic E-state index is 11.6. The summed E-state index contributed by atoms with van der Waals surface area (Å²) >= 11 is 0. The zero-order valence-corrected chi connectivity index (χ0v) is 10.1. The summed E-state index contributed by atoms with van der Waals surface area (Å²) < 4.78 is 0. The highest BCUT2D eigenvalue weighted by Gasteiger charge is 2.20. The number of hydrogen-bond acceptors (Lipinski definition) is 1. The predicted octanol–water partition coefficient (Wildman–Crippen LogP) is 2.67. The zero-order valence-electron chi connectivity index (χ0n) is 10.1. The number of amides is 1. The van der Waals surface area contributed by atoms with Crippen LogP contribution in [0.1, 0.15) is 34.1 Å². The number of carbonyl (C=O) groups excluding carboxylic acids is 1. The molecule has 0 aromatic heterocycles. The molecule has 1 aliphatic carbocycles. The van der Waals surface area contributed by atoms with E-state index in [1.165, 1.54) is 5.57 Å². The second-order valence-corrected chi connectivity index (χ2v) is 5.29. The molecular weight excluding hydrogens is 186 g/mol. The van der Waals surface area contributed by atoms with Gasteiger partial charge in [-0.25, -0.2) is 0 Å². The quantitative estimate of drug-likeness (QED) is 0.741. The van der Waals surface area contributed by atoms with Crippen molar-refractivity contribution in [3.63, 3.8) is 0 Å². The molecule has 0 aliphatic heterocycles. The van der Waals surface area contributed by atoms with Crippen LogP contribution in [0.3, 0.4) is 0 Å². The number of carbonyl (C=O) groups is 1. The summed E-state index contributed by atoms with van der Waals surface area (Å²) in [5.74, 6) is 0.701. The molecule has 1 unspecified atom stereocenters. The molecule has 0 fully saturated rings. The summed E-state index contributed by atoms with van der Waals surface area (Å²) in [7, 11) is 0. The second kappa shape index (κ2) is 4.65. The standard InChI is InChI=1S/C13H21NO/c1-10-6-5-7-11(8-10)9-14-12(15)13(2,3)4/h5,7-8,10H,6,9H2,1-4H3,(H,14,15). The molecule has 0 spiro atoms. The molecule has 0 radical (unpaired) electrons. The molecule has 2 nitrogen and oxygen atoms in total. The summed E-state index contributed by atoms with van der Waals surface area (Å²) in [5, 5.41) is 2.95. The van der Waals surface area contributed by atoms with Gasteiger partial charge in [-0.3, -0.25) is 4.79 Å². The number of hydrogen-bond donors (Lipinski definition) is 1. The van der Waals surface area contributed by atoms with E-state index < -0.39 is 0 Å². The highest BCUT2D eigenvalue weighted by Crippen LogP contribution is 2.16. The molecule has 2 heteroatoms. The van der Waals surface area contributed by atoms with Gasteiger partial charge in [0.1, 0.15) is 0 Å². The average Bonchev–Trinajstić information content (AvgIpc) is 2.12. The lowest BCUT2D eigenvalue weighted by molar-refractivity contribution is -0.128. The fraction of sp³-hybridized carbons (Fsp3) is 0.615. The molecule has 0 bridgehead atoms. The Kier molecular flexibility index (Phi) is 3.72. The van der Waals surface area contributed by atoms with Crippen LogP contribution in [0.2, 0.25) is 0 Å². The Morgan fingerprint density at radius 1 is 1.53 bits per heavy atom. The molecule has 0 heterocycles. The first kappa shape index (κ1) is 12.0. The van der Waals surface area contributed by atoms with Gasteiger partial charge in [0, 0.05) is 12.0 Å². The lowest BCUT2D eigenvalue weighted by Gasteiger charge is -2.19. The Bertz CT molecular complexity index is 294. The van der Waals surface area contributed by atoms with E-state index in [1.54, 1.807) is 0 Å². The third-order valence-corrected chi connectivity index (χ3v) is 2.47. The van der Waals surface area contributed by atoms with E-state index in [4.69, 9.17) is 0 Å². The first-order valence-corrected chi connectivity index (χ1v) is 5.55. The van der Waals surface area contributed by atoms with Crippen LogP contribution in [0.25, 0.3) is 0 Å². The fourth-order valence-electron chi connectivity index (χ4n) is 1.49. The molecule has 15 heavy (non-hydrogen) atoms. The van der Waals surface area contributed by atoms with Crippen molar-refractivity contribution in [3.05, 3.63) is 23.8 Å². The van der Waals surface area contributed by atoms with Crippen LogP contribution in [-0.2, 0) is 4.79 Å². The van der Waals surface area contributed by atoms with Gasteiger partial charge >= 0.3 is 0 Å². The van der Waals surface area contributed by atoms with Crippen molar-refractivity contribution in [3.8, 4) is 0 Å². The summed E-state index contributed by atoms with van der Waals surface area (Å²) in [5.41, 5.74) is 0.913. The minimum atomic E-state index is -0.301. The van der Waals surface area contributed by atoms with Gasteiger partial charge in [0.05, 0.1) is 0 Å². The van der Waals surface area contributed by atoms with Gasteiger partial charge < -0.3 is 5.32 Å². The summed E-state index contributed by atoms with van der Waals surface area (Å²) in [6, 6.07) is 0. The molecule has 0 aromatic rings. The molecule has 1 N–H and O–H groups in total. The molecule has 0 saturated carbocycles. The van der Waals surface area contributed by atoms with E-state index in [9.17, 15) is 4.79 Å². The number of rotatable bonds is 2. The molecule has 1 rings (SSSR count). The van der Waals surface area contributed by atoms with Crippen molar-refractivity contribution in [1.82, 2.24) is 5.32 Å². The van der Waals surface area contributed by atoms with Gasteiger partial charge in [-0.2, -0.15) is 0 Å². The van der Waals surface area contributed by atoms with E-state index in [0.29, 0.717) is 12.5 Å². The summed E-state index contributed by atoms with van der Waals surface area (Å²) in [6.45, 7) is 8.62. The van der Waals surface area contributed by atoms with Crippen molar-refractivity contribution in [1.29, 1.82) is 0 Å². The molecule has 0 aromatic carbocycles. The van der Waals surface area contributed by atoms with Crippen LogP contribution in [-0.4, -0.2) is 12.5 Å². The summed E-state index contributed by atoms with van der Waals surface area (Å²) in [6.07, 6.45) is 7.60. The van der Waals surface area contributed by atoms with Gasteiger partial charge in [0.25, 0.3) is 0 Å². The van der Waals surface area contributed by atoms with Gasteiger partial charge in [0.15, 0.2) is 0 Å². The Morgan fingerprint density at radius 2 is 2.20 bits per heavy atom. The number of nitrogens with one attached hydrogen (secondary N) is 1. The molecule has 1 amide bonds. The van der Waals surface area contributed by atoms with Gasteiger partial charge in [-0.15, -0.1) is 0 Å². The first-order chi connectivity index (χ1) is 6.89. The lowest BCUT2D eigenvalue weighted by atomic mass is 9.94. The van der Waals surface area contributed by atoms with E-state index in [1.807, 2.05) is 20.8 Å². The topological polar surface area (TPSA) is 29.1 Å². The molecular formula is C13H21NO. The van der Waals surface area contributed by atoms with E-state index >= 15 is 0 Å². The SMILES string of the molecule is CC1C=C(CNC(=O)C(C)(C)C)C=CC1. The van der Waals surface area contributed by atoms with Gasteiger partial charge in [0.2, 0.25) is 5.91 Å². The third-order valence-electron chi connectivity index (χ3n) is 2.47. The maximum atomic E-state index is 11.6. The van der Waals surface area contributed by atoms with Crippen LogP contribution in [0, 0.1) is 11.3 Å². The van der Waals surface area contributed by atoms with Crippen LogP contribution < -0.4 is 5.32 Å². The van der Waals surface area contributed by atoms with E-state index in [0.717, 1.165) is 6.42 Å². The highest BCUT2D eigenvalue weighted by atomic mass is 16.2. The van der Waals surface area contributed by atoms with E-state index in [2.05, 4.69) is 30.5 Å². The van der Waals surface area contributed by atoms with Crippen molar-refractivity contribution >= 4 is 5.91 Å². The molecule has 1 atom stereocenters. The van der Waals surface area contributed by atoms with Gasteiger partial charge in [-0.1, -0.05) is 45.9 Å². The number of allylic oxidation sites excluding steroid dienone is 2. The minimum absolute atomic E-state index is 0.107. The zero-order chi connectivity index (χ0) is 11.5. The Morgan fingerprint density at radius 3 is 2.73 bits per heavy atom. The normalized spacial score (nSPS) is 21.1. The van der Waals surface area contributed by atoms with Crippen LogP contribution in [0.4, 0.5) is 0 Å². The minimum Gasteiger partial charge on any atom is -0.352 e. The Balaban J connectivity index is 2.44. The monoisotopic (exact) mass is 207 g/mol. The Hall–Kier alpha value is -1.05. The average molecular weight is 207 g/mol. The maximum Gasteiger partial charge on any atom is 0.225 e. The largest absolute Gasteiger partial charge is 0.352 e. The van der Waals surface area contributed by atoms with Crippen LogP contribution >= 0.6 is 0 Å². The smallest absolute Gasteiger partial charge is 0.225 e. The molecule has 0 saturated heterocycles.